The first-order chi connectivity index (χ1) is 12.7. The molecule has 148 valence electrons. The van der Waals surface area contributed by atoms with Crippen molar-refractivity contribution < 1.29 is 23.5 Å². The van der Waals surface area contributed by atoms with E-state index in [9.17, 15) is 18.8 Å². The van der Waals surface area contributed by atoms with Crippen LogP contribution in [0.4, 0.5) is 4.39 Å². The van der Waals surface area contributed by atoms with E-state index in [-0.39, 0.29) is 43.4 Å². The highest BCUT2D eigenvalue weighted by Gasteiger charge is 2.54. The molecule has 7 heteroatoms. The van der Waals surface area contributed by atoms with Crippen LogP contribution in [0.5, 0.6) is 0 Å². The van der Waals surface area contributed by atoms with Gasteiger partial charge in [0.2, 0.25) is 17.7 Å². The third-order valence-electron chi connectivity index (χ3n) is 4.83. The molecule has 1 atom stereocenters. The smallest absolute Gasteiger partial charge is 0.241 e. The Morgan fingerprint density at radius 1 is 1.33 bits per heavy atom. The van der Waals surface area contributed by atoms with Gasteiger partial charge in [-0.05, 0) is 12.0 Å². The van der Waals surface area contributed by atoms with Crippen LogP contribution in [-0.4, -0.2) is 61.4 Å². The molecule has 2 rings (SSSR count). The predicted molar refractivity (Wildman–Crippen MR) is 98.4 cm³/mol. The lowest BCUT2D eigenvalue weighted by Crippen LogP contribution is -2.44. The Hall–Kier alpha value is -2.28. The minimum Gasteiger partial charge on any atom is -0.383 e. The highest BCUT2D eigenvalue weighted by Crippen LogP contribution is 2.41. The minimum atomic E-state index is -1.52. The first-order valence-electron chi connectivity index (χ1n) is 9.05. The van der Waals surface area contributed by atoms with Gasteiger partial charge in [-0.25, -0.2) is 4.39 Å². The van der Waals surface area contributed by atoms with Gasteiger partial charge in [-0.3, -0.25) is 19.3 Å². The molecular formula is C20H27FN2O4. The van der Waals surface area contributed by atoms with Crippen LogP contribution in [0.3, 0.4) is 0 Å². The summed E-state index contributed by atoms with van der Waals surface area (Å²) in [5, 5.41) is 0. The third kappa shape index (κ3) is 4.35. The summed E-state index contributed by atoms with van der Waals surface area (Å²) in [7, 11) is 3.13. The van der Waals surface area contributed by atoms with E-state index in [2.05, 4.69) is 0 Å². The monoisotopic (exact) mass is 378 g/mol. The SMILES string of the molecule is COCCN1C(=O)C[C@@](CC(=O)N(C)CC(C)C)(c2ccccc2F)C1=O. The molecule has 0 unspecified atom stereocenters. The zero-order valence-corrected chi connectivity index (χ0v) is 16.3. The van der Waals surface area contributed by atoms with E-state index in [0.717, 1.165) is 4.90 Å². The number of benzene rings is 1. The minimum absolute atomic E-state index is 0.0837. The number of amides is 3. The topological polar surface area (TPSA) is 66.9 Å². The number of likely N-dealkylation sites (tertiary alicyclic amines) is 1. The molecule has 1 aromatic carbocycles. The van der Waals surface area contributed by atoms with E-state index in [0.29, 0.717) is 6.54 Å². The zero-order chi connectivity index (χ0) is 20.2. The van der Waals surface area contributed by atoms with Gasteiger partial charge >= 0.3 is 0 Å². The Bertz CT molecular complexity index is 722. The quantitative estimate of drug-likeness (QED) is 0.649. The summed E-state index contributed by atoms with van der Waals surface area (Å²) in [6.45, 7) is 4.74. The molecule has 1 fully saturated rings. The number of carbonyl (C=O) groups excluding carboxylic acids is 3. The van der Waals surface area contributed by atoms with E-state index in [1.807, 2.05) is 13.8 Å². The molecule has 1 saturated heterocycles. The van der Waals surface area contributed by atoms with E-state index < -0.39 is 23.0 Å². The van der Waals surface area contributed by atoms with Gasteiger partial charge in [-0.1, -0.05) is 32.0 Å². The Morgan fingerprint density at radius 3 is 2.59 bits per heavy atom. The third-order valence-corrected chi connectivity index (χ3v) is 4.83. The predicted octanol–water partition coefficient (Wildman–Crippen LogP) is 1.97. The van der Waals surface area contributed by atoms with Crippen LogP contribution in [-0.2, 0) is 24.5 Å². The van der Waals surface area contributed by atoms with Gasteiger partial charge in [0.25, 0.3) is 0 Å². The average Bonchev–Trinajstić information content (AvgIpc) is 2.83. The maximum atomic E-state index is 14.6. The number of imide groups is 1. The summed E-state index contributed by atoms with van der Waals surface area (Å²) in [6.07, 6.45) is -0.469. The fourth-order valence-electron chi connectivity index (χ4n) is 3.55. The number of halogens is 1. The highest BCUT2D eigenvalue weighted by atomic mass is 19.1. The van der Waals surface area contributed by atoms with Crippen LogP contribution in [0.15, 0.2) is 24.3 Å². The van der Waals surface area contributed by atoms with Crippen LogP contribution in [0, 0.1) is 11.7 Å². The standard InChI is InChI=1S/C20H27FN2O4/c1-14(2)13-22(3)17(24)11-20(15-7-5-6-8-16(15)21)12-18(25)23(19(20)26)9-10-27-4/h5-8,14H,9-13H2,1-4H3/t20-/m0/s1. The van der Waals surface area contributed by atoms with Gasteiger partial charge in [0, 0.05) is 39.1 Å². The first kappa shape index (κ1) is 21.0. The van der Waals surface area contributed by atoms with Gasteiger partial charge in [-0.15, -0.1) is 0 Å². The maximum absolute atomic E-state index is 14.6. The van der Waals surface area contributed by atoms with Crippen molar-refractivity contribution in [2.24, 2.45) is 5.92 Å². The number of methoxy groups -OCH3 is 1. The fourth-order valence-corrected chi connectivity index (χ4v) is 3.55. The molecule has 1 aliphatic rings. The van der Waals surface area contributed by atoms with Crippen molar-refractivity contribution in [1.29, 1.82) is 0 Å². The van der Waals surface area contributed by atoms with Gasteiger partial charge in [0.05, 0.1) is 18.6 Å². The van der Waals surface area contributed by atoms with Crippen molar-refractivity contribution in [3.63, 3.8) is 0 Å². The van der Waals surface area contributed by atoms with Gasteiger partial charge in [0.1, 0.15) is 5.82 Å². The number of rotatable bonds is 8. The Morgan fingerprint density at radius 2 is 2.00 bits per heavy atom. The summed E-state index contributed by atoms with van der Waals surface area (Å²) < 4.78 is 19.6. The van der Waals surface area contributed by atoms with E-state index in [1.165, 1.54) is 30.2 Å². The molecule has 1 aromatic rings. The normalized spacial score (nSPS) is 19.9. The molecule has 0 bridgehead atoms. The second-order valence-electron chi connectivity index (χ2n) is 7.43. The molecule has 0 N–H and O–H groups in total. The summed E-state index contributed by atoms with van der Waals surface area (Å²) in [4.78, 5) is 41.1. The molecule has 0 aliphatic carbocycles. The lowest BCUT2D eigenvalue weighted by molar-refractivity contribution is -0.143. The van der Waals surface area contributed by atoms with Crippen molar-refractivity contribution in [1.82, 2.24) is 9.80 Å². The molecule has 0 spiro atoms. The molecule has 0 radical (unpaired) electrons. The van der Waals surface area contributed by atoms with E-state index in [1.54, 1.807) is 13.1 Å². The molecule has 6 nitrogen and oxygen atoms in total. The second-order valence-corrected chi connectivity index (χ2v) is 7.43. The number of nitrogens with zero attached hydrogens (tertiary/aromatic N) is 2. The van der Waals surface area contributed by atoms with Crippen LogP contribution >= 0.6 is 0 Å². The summed E-state index contributed by atoms with van der Waals surface area (Å²) >= 11 is 0. The molecular weight excluding hydrogens is 351 g/mol. The van der Waals surface area contributed by atoms with Crippen molar-refractivity contribution in [2.75, 3.05) is 33.9 Å². The number of hydrogen-bond acceptors (Lipinski definition) is 4. The maximum Gasteiger partial charge on any atom is 0.241 e. The Kier molecular flexibility index (Phi) is 6.70. The molecule has 1 heterocycles. The zero-order valence-electron chi connectivity index (χ0n) is 16.3. The van der Waals surface area contributed by atoms with E-state index in [4.69, 9.17) is 4.74 Å². The molecule has 0 saturated carbocycles. The van der Waals surface area contributed by atoms with Gasteiger partial charge in [0.15, 0.2) is 0 Å². The summed E-state index contributed by atoms with van der Waals surface area (Å²) in [5.74, 6) is -1.59. The van der Waals surface area contributed by atoms with Crippen LogP contribution in [0.1, 0.15) is 32.3 Å². The lowest BCUT2D eigenvalue weighted by atomic mass is 9.75. The molecule has 1 aliphatic heterocycles. The van der Waals surface area contributed by atoms with Crippen LogP contribution in [0.25, 0.3) is 0 Å². The number of ether oxygens (including phenoxy) is 1. The van der Waals surface area contributed by atoms with Crippen LogP contribution < -0.4 is 0 Å². The lowest BCUT2D eigenvalue weighted by Gasteiger charge is -2.30. The first-order valence-corrected chi connectivity index (χ1v) is 9.05. The Balaban J connectivity index is 2.42. The summed E-state index contributed by atoms with van der Waals surface area (Å²) in [5.41, 5.74) is -1.42. The fraction of sp³-hybridized carbons (Fsp3) is 0.550. The average molecular weight is 378 g/mol. The van der Waals surface area contributed by atoms with Crippen molar-refractivity contribution in [3.05, 3.63) is 35.6 Å². The van der Waals surface area contributed by atoms with Crippen molar-refractivity contribution in [2.45, 2.75) is 32.1 Å². The number of carbonyl (C=O) groups is 3. The highest BCUT2D eigenvalue weighted by molar-refractivity contribution is 6.10. The van der Waals surface area contributed by atoms with Crippen molar-refractivity contribution in [3.8, 4) is 0 Å². The molecule has 3 amide bonds. The van der Waals surface area contributed by atoms with Gasteiger partial charge < -0.3 is 9.64 Å². The summed E-state index contributed by atoms with van der Waals surface area (Å²) in [6, 6.07) is 5.85. The Labute approximate surface area is 159 Å². The largest absolute Gasteiger partial charge is 0.383 e. The van der Waals surface area contributed by atoms with Crippen LogP contribution in [0.2, 0.25) is 0 Å². The molecule has 0 aromatic heterocycles. The molecule has 27 heavy (non-hydrogen) atoms. The van der Waals surface area contributed by atoms with E-state index >= 15 is 0 Å². The van der Waals surface area contributed by atoms with Gasteiger partial charge in [-0.2, -0.15) is 0 Å². The van der Waals surface area contributed by atoms with Crippen molar-refractivity contribution >= 4 is 17.7 Å². The second kappa shape index (κ2) is 8.61. The number of hydrogen-bond donors (Lipinski definition) is 0.